The zero-order valence-corrected chi connectivity index (χ0v) is 13.0. The van der Waals surface area contributed by atoms with Crippen LogP contribution in [0.1, 0.15) is 40.0 Å². The average molecular weight is 272 g/mol. The van der Waals surface area contributed by atoms with Crippen molar-refractivity contribution in [3.05, 3.63) is 0 Å². The van der Waals surface area contributed by atoms with Crippen molar-refractivity contribution in [3.63, 3.8) is 0 Å². The van der Waals surface area contributed by atoms with Gasteiger partial charge in [0.05, 0.1) is 25.4 Å². The molecule has 4 heteroatoms. The van der Waals surface area contributed by atoms with Gasteiger partial charge >= 0.3 is 0 Å². The molecule has 0 radical (unpaired) electrons. The predicted molar refractivity (Wildman–Crippen MR) is 79.7 cm³/mol. The third-order valence-corrected chi connectivity index (χ3v) is 3.74. The standard InChI is InChI=1S/C15H32N2O2/c1-4-9-16-12-14-7-8-15(19-14)13-18-11-10-17(5-2)6-3/h14-16H,4-13H2,1-3H3. The van der Waals surface area contributed by atoms with Crippen molar-refractivity contribution in [2.45, 2.75) is 52.2 Å². The fourth-order valence-electron chi connectivity index (χ4n) is 2.44. The normalized spacial score (nSPS) is 23.4. The van der Waals surface area contributed by atoms with Gasteiger partial charge in [0.25, 0.3) is 0 Å². The molecule has 1 aliphatic rings. The molecule has 0 saturated carbocycles. The minimum Gasteiger partial charge on any atom is -0.377 e. The van der Waals surface area contributed by atoms with Crippen LogP contribution in [-0.2, 0) is 9.47 Å². The lowest BCUT2D eigenvalue weighted by Gasteiger charge is -2.19. The zero-order chi connectivity index (χ0) is 13.9. The van der Waals surface area contributed by atoms with Crippen LogP contribution in [0.5, 0.6) is 0 Å². The third kappa shape index (κ3) is 7.25. The van der Waals surface area contributed by atoms with E-state index in [0.717, 1.165) is 52.4 Å². The van der Waals surface area contributed by atoms with Crippen molar-refractivity contribution in [3.8, 4) is 0 Å². The Balaban J connectivity index is 1.99. The van der Waals surface area contributed by atoms with Gasteiger partial charge < -0.3 is 19.7 Å². The van der Waals surface area contributed by atoms with E-state index in [9.17, 15) is 0 Å². The molecular formula is C15H32N2O2. The molecule has 0 aliphatic carbocycles. The maximum absolute atomic E-state index is 5.97. The topological polar surface area (TPSA) is 33.7 Å². The van der Waals surface area contributed by atoms with E-state index in [1.807, 2.05) is 0 Å². The highest BCUT2D eigenvalue weighted by Gasteiger charge is 2.24. The second-order valence-corrected chi connectivity index (χ2v) is 5.26. The molecule has 1 heterocycles. The molecular weight excluding hydrogens is 240 g/mol. The summed E-state index contributed by atoms with van der Waals surface area (Å²) >= 11 is 0. The van der Waals surface area contributed by atoms with E-state index in [0.29, 0.717) is 12.2 Å². The molecule has 0 aromatic rings. The first-order valence-corrected chi connectivity index (χ1v) is 7.96. The first-order chi connectivity index (χ1) is 9.30. The number of likely N-dealkylation sites (N-methyl/N-ethyl adjacent to an activating group) is 1. The molecule has 2 unspecified atom stereocenters. The maximum atomic E-state index is 5.97. The molecule has 0 aromatic carbocycles. The molecule has 114 valence electrons. The SMILES string of the molecule is CCCNCC1CCC(COCCN(CC)CC)O1. The lowest BCUT2D eigenvalue weighted by molar-refractivity contribution is -0.0176. The van der Waals surface area contributed by atoms with E-state index in [-0.39, 0.29) is 0 Å². The summed E-state index contributed by atoms with van der Waals surface area (Å²) in [5, 5.41) is 3.42. The average Bonchev–Trinajstić information content (AvgIpc) is 2.87. The molecule has 0 bridgehead atoms. The second kappa shape index (κ2) is 10.6. The van der Waals surface area contributed by atoms with Crippen LogP contribution in [0.15, 0.2) is 0 Å². The van der Waals surface area contributed by atoms with Gasteiger partial charge in [-0.25, -0.2) is 0 Å². The van der Waals surface area contributed by atoms with E-state index >= 15 is 0 Å². The van der Waals surface area contributed by atoms with Gasteiger partial charge in [0.15, 0.2) is 0 Å². The number of rotatable bonds is 11. The summed E-state index contributed by atoms with van der Waals surface area (Å²) in [4.78, 5) is 2.38. The minimum absolute atomic E-state index is 0.310. The van der Waals surface area contributed by atoms with Crippen molar-refractivity contribution in [1.29, 1.82) is 0 Å². The van der Waals surface area contributed by atoms with Crippen LogP contribution in [0.25, 0.3) is 0 Å². The molecule has 1 N–H and O–H groups in total. The highest BCUT2D eigenvalue weighted by atomic mass is 16.5. The zero-order valence-electron chi connectivity index (χ0n) is 13.0. The monoisotopic (exact) mass is 272 g/mol. The van der Waals surface area contributed by atoms with Crippen molar-refractivity contribution in [2.24, 2.45) is 0 Å². The Bertz CT molecular complexity index is 210. The summed E-state index contributed by atoms with van der Waals surface area (Å²) in [6, 6.07) is 0. The summed E-state index contributed by atoms with van der Waals surface area (Å²) in [7, 11) is 0. The van der Waals surface area contributed by atoms with E-state index < -0.39 is 0 Å². The molecule has 1 fully saturated rings. The summed E-state index contributed by atoms with van der Waals surface area (Å²) in [5.74, 6) is 0. The highest BCUT2D eigenvalue weighted by molar-refractivity contribution is 4.75. The molecule has 2 atom stereocenters. The third-order valence-electron chi connectivity index (χ3n) is 3.74. The summed E-state index contributed by atoms with van der Waals surface area (Å²) in [5.41, 5.74) is 0. The van der Waals surface area contributed by atoms with Crippen LogP contribution in [0.4, 0.5) is 0 Å². The fourth-order valence-corrected chi connectivity index (χ4v) is 2.44. The molecule has 0 amide bonds. The van der Waals surface area contributed by atoms with Crippen molar-refractivity contribution in [2.75, 3.05) is 45.9 Å². The molecule has 1 rings (SSSR count). The second-order valence-electron chi connectivity index (χ2n) is 5.26. The van der Waals surface area contributed by atoms with Crippen LogP contribution < -0.4 is 5.32 Å². The van der Waals surface area contributed by atoms with Crippen molar-refractivity contribution < 1.29 is 9.47 Å². The Morgan fingerprint density at radius 2 is 1.89 bits per heavy atom. The van der Waals surface area contributed by atoms with Crippen LogP contribution in [0.2, 0.25) is 0 Å². The van der Waals surface area contributed by atoms with Gasteiger partial charge in [-0.3, -0.25) is 0 Å². The van der Waals surface area contributed by atoms with Gasteiger partial charge in [-0.05, 0) is 38.9 Å². The molecule has 1 aliphatic heterocycles. The van der Waals surface area contributed by atoms with Gasteiger partial charge in [0.2, 0.25) is 0 Å². The van der Waals surface area contributed by atoms with E-state index in [1.165, 1.54) is 12.8 Å². The van der Waals surface area contributed by atoms with Crippen LogP contribution >= 0.6 is 0 Å². The number of nitrogens with zero attached hydrogens (tertiary/aromatic N) is 1. The fraction of sp³-hybridized carbons (Fsp3) is 1.00. The minimum atomic E-state index is 0.310. The summed E-state index contributed by atoms with van der Waals surface area (Å²) < 4.78 is 11.7. The van der Waals surface area contributed by atoms with Crippen LogP contribution in [0.3, 0.4) is 0 Å². The van der Waals surface area contributed by atoms with E-state index in [1.54, 1.807) is 0 Å². The largest absolute Gasteiger partial charge is 0.377 e. The number of hydrogen-bond acceptors (Lipinski definition) is 4. The van der Waals surface area contributed by atoms with E-state index in [2.05, 4.69) is 31.0 Å². The van der Waals surface area contributed by atoms with Gasteiger partial charge in [0, 0.05) is 13.1 Å². The molecule has 4 nitrogen and oxygen atoms in total. The quantitative estimate of drug-likeness (QED) is 0.582. The lowest BCUT2D eigenvalue weighted by atomic mass is 10.2. The van der Waals surface area contributed by atoms with Gasteiger partial charge in [0.1, 0.15) is 0 Å². The first-order valence-electron chi connectivity index (χ1n) is 7.96. The lowest BCUT2D eigenvalue weighted by Crippen LogP contribution is -2.30. The Labute approximate surface area is 118 Å². The number of nitrogens with one attached hydrogen (secondary N) is 1. The first kappa shape index (κ1) is 16.9. The maximum Gasteiger partial charge on any atom is 0.0813 e. The molecule has 19 heavy (non-hydrogen) atoms. The summed E-state index contributed by atoms with van der Waals surface area (Å²) in [6.45, 7) is 13.5. The van der Waals surface area contributed by atoms with Gasteiger partial charge in [-0.1, -0.05) is 20.8 Å². The number of ether oxygens (including phenoxy) is 2. The molecule has 1 saturated heterocycles. The smallest absolute Gasteiger partial charge is 0.0813 e. The van der Waals surface area contributed by atoms with Gasteiger partial charge in [-0.15, -0.1) is 0 Å². The Kier molecular flexibility index (Phi) is 9.43. The number of hydrogen-bond donors (Lipinski definition) is 1. The van der Waals surface area contributed by atoms with Crippen LogP contribution in [-0.4, -0.2) is 63.0 Å². The molecule has 0 aromatic heterocycles. The Hall–Kier alpha value is -0.160. The van der Waals surface area contributed by atoms with E-state index in [4.69, 9.17) is 9.47 Å². The Morgan fingerprint density at radius 3 is 2.58 bits per heavy atom. The van der Waals surface area contributed by atoms with Crippen molar-refractivity contribution >= 4 is 0 Å². The van der Waals surface area contributed by atoms with Gasteiger partial charge in [-0.2, -0.15) is 0 Å². The van der Waals surface area contributed by atoms with Crippen LogP contribution in [0, 0.1) is 0 Å². The van der Waals surface area contributed by atoms with Crippen molar-refractivity contribution in [1.82, 2.24) is 10.2 Å². The summed E-state index contributed by atoms with van der Waals surface area (Å²) in [6.07, 6.45) is 4.20. The highest BCUT2D eigenvalue weighted by Crippen LogP contribution is 2.19. The predicted octanol–water partition coefficient (Wildman–Crippen LogP) is 1.89. The molecule has 0 spiro atoms. The Morgan fingerprint density at radius 1 is 1.16 bits per heavy atom.